The Balaban J connectivity index is 1.73. The van der Waals surface area contributed by atoms with Crippen LogP contribution in [0.15, 0.2) is 6.07 Å². The second-order valence-corrected chi connectivity index (χ2v) is 5.66. The Kier molecular flexibility index (Phi) is 3.56. The van der Waals surface area contributed by atoms with E-state index in [2.05, 4.69) is 25.3 Å². The molecule has 0 aliphatic carbocycles. The first-order valence-electron chi connectivity index (χ1n) is 7.10. The first kappa shape index (κ1) is 13.3. The molecule has 2 atom stereocenters. The Morgan fingerprint density at radius 2 is 2.05 bits per heavy atom. The fourth-order valence-electron chi connectivity index (χ4n) is 3.21. The molecule has 1 aromatic heterocycles. The molecule has 6 nitrogen and oxygen atoms in total. The summed E-state index contributed by atoms with van der Waals surface area (Å²) in [5.74, 6) is 0.332. The van der Waals surface area contributed by atoms with Gasteiger partial charge in [-0.15, -0.1) is 0 Å². The highest BCUT2D eigenvalue weighted by molar-refractivity contribution is 5.85. The van der Waals surface area contributed by atoms with Gasteiger partial charge in [-0.3, -0.25) is 0 Å². The number of hydrogen-bond acceptors (Lipinski definition) is 6. The molecule has 3 heterocycles. The Morgan fingerprint density at radius 3 is 2.70 bits per heavy atom. The van der Waals surface area contributed by atoms with Crippen molar-refractivity contribution in [1.29, 1.82) is 0 Å². The highest BCUT2D eigenvalue weighted by Gasteiger charge is 2.33. The second kappa shape index (κ2) is 5.36. The molecule has 108 valence electrons. The number of nitrogens with one attached hydrogen (secondary N) is 2. The van der Waals surface area contributed by atoms with E-state index in [-0.39, 0.29) is 5.82 Å². The number of fused-ring (bicyclic) bond motifs is 2. The molecular formula is C14H20N4O2. The number of anilines is 1. The highest BCUT2D eigenvalue weighted by atomic mass is 16.5. The summed E-state index contributed by atoms with van der Waals surface area (Å²) in [4.78, 5) is 19.9. The SMILES string of the molecule is COC(=O)c1nc(C)cc(NC2CC3CCC(C2)N3)n1. The molecule has 0 aromatic carbocycles. The monoisotopic (exact) mass is 276 g/mol. The number of rotatable bonds is 3. The lowest BCUT2D eigenvalue weighted by molar-refractivity contribution is 0.0586. The van der Waals surface area contributed by atoms with Crippen LogP contribution in [0, 0.1) is 6.92 Å². The van der Waals surface area contributed by atoms with Gasteiger partial charge in [-0.05, 0) is 32.6 Å². The summed E-state index contributed by atoms with van der Waals surface area (Å²) in [5.41, 5.74) is 0.764. The zero-order valence-corrected chi connectivity index (χ0v) is 11.8. The van der Waals surface area contributed by atoms with Gasteiger partial charge < -0.3 is 15.4 Å². The number of esters is 1. The highest BCUT2D eigenvalue weighted by Crippen LogP contribution is 2.28. The minimum atomic E-state index is -0.498. The Labute approximate surface area is 118 Å². The molecule has 2 N–H and O–H groups in total. The topological polar surface area (TPSA) is 76.1 Å². The van der Waals surface area contributed by atoms with Crippen molar-refractivity contribution in [1.82, 2.24) is 15.3 Å². The summed E-state index contributed by atoms with van der Waals surface area (Å²) in [6.45, 7) is 1.85. The van der Waals surface area contributed by atoms with Crippen LogP contribution in [0.3, 0.4) is 0 Å². The largest absolute Gasteiger partial charge is 0.463 e. The van der Waals surface area contributed by atoms with Crippen LogP contribution in [-0.2, 0) is 4.74 Å². The molecule has 0 amide bonds. The van der Waals surface area contributed by atoms with E-state index in [1.807, 2.05) is 13.0 Å². The van der Waals surface area contributed by atoms with Crippen molar-refractivity contribution in [3.05, 3.63) is 17.6 Å². The van der Waals surface area contributed by atoms with Gasteiger partial charge in [0, 0.05) is 29.9 Å². The molecule has 0 spiro atoms. The van der Waals surface area contributed by atoms with E-state index in [1.54, 1.807) is 0 Å². The minimum absolute atomic E-state index is 0.118. The molecule has 6 heteroatoms. The van der Waals surface area contributed by atoms with Gasteiger partial charge in [0.05, 0.1) is 7.11 Å². The van der Waals surface area contributed by atoms with E-state index in [1.165, 1.54) is 20.0 Å². The van der Waals surface area contributed by atoms with Crippen LogP contribution >= 0.6 is 0 Å². The van der Waals surface area contributed by atoms with Gasteiger partial charge in [0.15, 0.2) is 0 Å². The van der Waals surface area contributed by atoms with Crippen LogP contribution in [0.2, 0.25) is 0 Å². The quantitative estimate of drug-likeness (QED) is 0.810. The average molecular weight is 276 g/mol. The number of methoxy groups -OCH3 is 1. The van der Waals surface area contributed by atoms with E-state index in [0.717, 1.165) is 18.5 Å². The van der Waals surface area contributed by atoms with E-state index in [4.69, 9.17) is 0 Å². The third kappa shape index (κ3) is 2.75. The minimum Gasteiger partial charge on any atom is -0.463 e. The van der Waals surface area contributed by atoms with E-state index < -0.39 is 5.97 Å². The third-order valence-corrected chi connectivity index (χ3v) is 4.05. The normalized spacial score (nSPS) is 28.2. The van der Waals surface area contributed by atoms with Crippen LogP contribution in [0.25, 0.3) is 0 Å². The van der Waals surface area contributed by atoms with Gasteiger partial charge >= 0.3 is 5.97 Å². The summed E-state index contributed by atoms with van der Waals surface area (Å²) in [5, 5.41) is 7.05. The maximum Gasteiger partial charge on any atom is 0.376 e. The zero-order valence-electron chi connectivity index (χ0n) is 11.8. The standard InChI is InChI=1S/C14H20N4O2/c1-8-5-12(18-13(15-8)14(19)20-2)17-11-6-9-3-4-10(7-11)16-9/h5,9-11,16H,3-4,6-7H2,1-2H3,(H,15,17,18). The van der Waals surface area contributed by atoms with Gasteiger partial charge in [0.1, 0.15) is 5.82 Å². The number of hydrogen-bond donors (Lipinski definition) is 2. The summed E-state index contributed by atoms with van der Waals surface area (Å²) < 4.78 is 4.68. The lowest BCUT2D eigenvalue weighted by Gasteiger charge is -2.30. The Morgan fingerprint density at radius 1 is 1.35 bits per heavy atom. The van der Waals surface area contributed by atoms with Gasteiger partial charge in [-0.25, -0.2) is 14.8 Å². The van der Waals surface area contributed by atoms with E-state index >= 15 is 0 Å². The maximum absolute atomic E-state index is 11.5. The van der Waals surface area contributed by atoms with Crippen LogP contribution in [-0.4, -0.2) is 41.2 Å². The maximum atomic E-state index is 11.5. The van der Waals surface area contributed by atoms with Gasteiger partial charge in [0.25, 0.3) is 0 Å². The lowest BCUT2D eigenvalue weighted by atomic mass is 10.00. The van der Waals surface area contributed by atoms with Gasteiger partial charge in [-0.2, -0.15) is 0 Å². The first-order chi connectivity index (χ1) is 9.64. The number of carbonyl (C=O) groups is 1. The summed E-state index contributed by atoms with van der Waals surface area (Å²) in [7, 11) is 1.34. The lowest BCUT2D eigenvalue weighted by Crippen LogP contribution is -2.43. The molecule has 2 saturated heterocycles. The van der Waals surface area contributed by atoms with Crippen molar-refractivity contribution in [2.45, 2.75) is 50.7 Å². The number of piperidine rings is 1. The summed E-state index contributed by atoms with van der Waals surface area (Å²) in [6, 6.07) is 3.52. The fourth-order valence-corrected chi connectivity index (χ4v) is 3.21. The third-order valence-electron chi connectivity index (χ3n) is 4.05. The number of carbonyl (C=O) groups excluding carboxylic acids is 1. The molecule has 3 rings (SSSR count). The van der Waals surface area contributed by atoms with Crippen molar-refractivity contribution >= 4 is 11.8 Å². The smallest absolute Gasteiger partial charge is 0.376 e. The predicted octanol–water partition coefficient (Wildman–Crippen LogP) is 1.27. The van der Waals surface area contributed by atoms with Crippen LogP contribution in [0.1, 0.15) is 42.0 Å². The van der Waals surface area contributed by atoms with Crippen LogP contribution in [0.4, 0.5) is 5.82 Å². The molecule has 2 aliphatic rings. The average Bonchev–Trinajstić information content (AvgIpc) is 2.76. The molecule has 2 bridgehead atoms. The summed E-state index contributed by atoms with van der Waals surface area (Å²) in [6.07, 6.45) is 4.73. The second-order valence-electron chi connectivity index (χ2n) is 5.66. The molecule has 2 fully saturated rings. The van der Waals surface area contributed by atoms with Crippen molar-refractivity contribution in [2.24, 2.45) is 0 Å². The van der Waals surface area contributed by atoms with Crippen molar-refractivity contribution in [2.75, 3.05) is 12.4 Å². The predicted molar refractivity (Wildman–Crippen MR) is 74.7 cm³/mol. The van der Waals surface area contributed by atoms with E-state index in [9.17, 15) is 4.79 Å². The molecule has 0 saturated carbocycles. The number of nitrogens with zero attached hydrogens (tertiary/aromatic N) is 2. The molecule has 2 unspecified atom stereocenters. The molecule has 1 aromatic rings. The molecular weight excluding hydrogens is 256 g/mol. The molecule has 20 heavy (non-hydrogen) atoms. The number of aryl methyl sites for hydroxylation is 1. The zero-order chi connectivity index (χ0) is 14.1. The molecule has 2 aliphatic heterocycles. The van der Waals surface area contributed by atoms with Crippen LogP contribution < -0.4 is 10.6 Å². The summed E-state index contributed by atoms with van der Waals surface area (Å²) >= 11 is 0. The van der Waals surface area contributed by atoms with E-state index in [0.29, 0.717) is 23.9 Å². The number of ether oxygens (including phenoxy) is 1. The Bertz CT molecular complexity index is 508. The van der Waals surface area contributed by atoms with Gasteiger partial charge in [0.2, 0.25) is 5.82 Å². The van der Waals surface area contributed by atoms with Gasteiger partial charge in [-0.1, -0.05) is 0 Å². The van der Waals surface area contributed by atoms with Crippen molar-refractivity contribution < 1.29 is 9.53 Å². The number of aromatic nitrogens is 2. The Hall–Kier alpha value is -1.69. The van der Waals surface area contributed by atoms with Crippen molar-refractivity contribution in [3.63, 3.8) is 0 Å². The first-order valence-corrected chi connectivity index (χ1v) is 7.10. The fraction of sp³-hybridized carbons (Fsp3) is 0.643. The molecule has 0 radical (unpaired) electrons. The van der Waals surface area contributed by atoms with Crippen LogP contribution in [0.5, 0.6) is 0 Å². The van der Waals surface area contributed by atoms with Crippen molar-refractivity contribution in [3.8, 4) is 0 Å².